The van der Waals surface area contributed by atoms with E-state index in [0.29, 0.717) is 12.1 Å². The standard InChI is InChI=1S/C10H16N4O/c11-10(3-1-2-4-10)5-9(15)14-8-6-12-13-7-8/h6-7H,1-5,11H2,(H,12,13)(H,14,15). The van der Waals surface area contributed by atoms with Gasteiger partial charge in [0.25, 0.3) is 0 Å². The van der Waals surface area contributed by atoms with E-state index in [9.17, 15) is 4.79 Å². The lowest BCUT2D eigenvalue weighted by atomic mass is 9.94. The molecule has 0 aliphatic heterocycles. The van der Waals surface area contributed by atoms with Gasteiger partial charge >= 0.3 is 0 Å². The van der Waals surface area contributed by atoms with E-state index in [4.69, 9.17) is 5.73 Å². The molecule has 1 aromatic rings. The molecule has 0 aromatic carbocycles. The van der Waals surface area contributed by atoms with Crippen LogP contribution in [0.3, 0.4) is 0 Å². The van der Waals surface area contributed by atoms with Crippen LogP contribution in [0.25, 0.3) is 0 Å². The van der Waals surface area contributed by atoms with Gasteiger partial charge < -0.3 is 11.1 Å². The minimum Gasteiger partial charge on any atom is -0.325 e. The zero-order valence-electron chi connectivity index (χ0n) is 8.62. The Hall–Kier alpha value is -1.36. The van der Waals surface area contributed by atoms with Crippen molar-refractivity contribution in [3.05, 3.63) is 12.4 Å². The molecule has 1 fully saturated rings. The second-order valence-electron chi connectivity index (χ2n) is 4.28. The van der Waals surface area contributed by atoms with Crippen LogP contribution in [0.5, 0.6) is 0 Å². The van der Waals surface area contributed by atoms with Crippen LogP contribution >= 0.6 is 0 Å². The van der Waals surface area contributed by atoms with Crippen molar-refractivity contribution in [2.75, 3.05) is 5.32 Å². The first kappa shape index (κ1) is 10.2. The number of nitrogens with zero attached hydrogens (tertiary/aromatic N) is 1. The Balaban J connectivity index is 1.87. The molecule has 1 aliphatic carbocycles. The molecule has 1 aromatic heterocycles. The molecule has 0 atom stereocenters. The van der Waals surface area contributed by atoms with Crippen LogP contribution in [-0.4, -0.2) is 21.6 Å². The van der Waals surface area contributed by atoms with Gasteiger partial charge in [0, 0.05) is 18.2 Å². The van der Waals surface area contributed by atoms with Crippen LogP contribution in [0.1, 0.15) is 32.1 Å². The maximum absolute atomic E-state index is 11.6. The fourth-order valence-corrected chi connectivity index (χ4v) is 2.10. The number of aromatic nitrogens is 2. The molecule has 0 unspecified atom stereocenters. The monoisotopic (exact) mass is 208 g/mol. The van der Waals surface area contributed by atoms with Crippen molar-refractivity contribution in [3.63, 3.8) is 0 Å². The Morgan fingerprint density at radius 2 is 2.33 bits per heavy atom. The van der Waals surface area contributed by atoms with Crippen molar-refractivity contribution in [3.8, 4) is 0 Å². The highest BCUT2D eigenvalue weighted by molar-refractivity contribution is 5.91. The fraction of sp³-hybridized carbons (Fsp3) is 0.600. The summed E-state index contributed by atoms with van der Waals surface area (Å²) in [7, 11) is 0. The van der Waals surface area contributed by atoms with E-state index >= 15 is 0 Å². The first-order valence-electron chi connectivity index (χ1n) is 5.25. The van der Waals surface area contributed by atoms with Crippen molar-refractivity contribution >= 4 is 11.6 Å². The predicted octanol–water partition coefficient (Wildman–Crippen LogP) is 1.01. The molecule has 0 spiro atoms. The number of nitrogens with two attached hydrogens (primary N) is 1. The van der Waals surface area contributed by atoms with Gasteiger partial charge in [-0.15, -0.1) is 0 Å². The Kier molecular flexibility index (Phi) is 2.73. The third kappa shape index (κ3) is 2.56. The molecule has 1 saturated carbocycles. The molecule has 0 saturated heterocycles. The third-order valence-electron chi connectivity index (χ3n) is 2.89. The van der Waals surface area contributed by atoms with Gasteiger partial charge in [-0.2, -0.15) is 5.10 Å². The quantitative estimate of drug-likeness (QED) is 0.693. The maximum atomic E-state index is 11.6. The minimum atomic E-state index is -0.284. The summed E-state index contributed by atoms with van der Waals surface area (Å²) in [5.41, 5.74) is 6.52. The van der Waals surface area contributed by atoms with Crippen molar-refractivity contribution in [1.29, 1.82) is 0 Å². The lowest BCUT2D eigenvalue weighted by Gasteiger charge is -2.22. The number of aromatic amines is 1. The summed E-state index contributed by atoms with van der Waals surface area (Å²) in [6.45, 7) is 0. The molecular formula is C10H16N4O. The molecule has 4 N–H and O–H groups in total. The molecule has 1 heterocycles. The number of H-pyrrole nitrogens is 1. The highest BCUT2D eigenvalue weighted by Gasteiger charge is 2.31. The number of hydrogen-bond donors (Lipinski definition) is 3. The van der Waals surface area contributed by atoms with Crippen LogP contribution in [-0.2, 0) is 4.79 Å². The van der Waals surface area contributed by atoms with Gasteiger partial charge in [0.15, 0.2) is 0 Å². The Bertz CT molecular complexity index is 327. The largest absolute Gasteiger partial charge is 0.325 e. The van der Waals surface area contributed by atoms with Crippen molar-refractivity contribution in [2.24, 2.45) is 5.73 Å². The lowest BCUT2D eigenvalue weighted by molar-refractivity contribution is -0.117. The second kappa shape index (κ2) is 4.02. The first-order valence-corrected chi connectivity index (χ1v) is 5.25. The highest BCUT2D eigenvalue weighted by atomic mass is 16.1. The van der Waals surface area contributed by atoms with E-state index in [1.165, 1.54) is 0 Å². The van der Waals surface area contributed by atoms with E-state index in [1.54, 1.807) is 12.4 Å². The molecule has 0 radical (unpaired) electrons. The van der Waals surface area contributed by atoms with Gasteiger partial charge in [-0.1, -0.05) is 12.8 Å². The van der Waals surface area contributed by atoms with Crippen LogP contribution in [0.2, 0.25) is 0 Å². The predicted molar refractivity (Wildman–Crippen MR) is 57.2 cm³/mol. The molecule has 2 rings (SSSR count). The summed E-state index contributed by atoms with van der Waals surface area (Å²) in [4.78, 5) is 11.6. The molecule has 5 heteroatoms. The summed E-state index contributed by atoms with van der Waals surface area (Å²) >= 11 is 0. The van der Waals surface area contributed by atoms with Crippen LogP contribution in [0.15, 0.2) is 12.4 Å². The molecule has 0 bridgehead atoms. The first-order chi connectivity index (χ1) is 7.18. The molecule has 5 nitrogen and oxygen atoms in total. The van der Waals surface area contributed by atoms with Crippen molar-refractivity contribution in [1.82, 2.24) is 10.2 Å². The number of amides is 1. The Morgan fingerprint density at radius 1 is 1.60 bits per heavy atom. The summed E-state index contributed by atoms with van der Waals surface area (Å²) < 4.78 is 0. The number of nitrogens with one attached hydrogen (secondary N) is 2. The zero-order chi connectivity index (χ0) is 10.7. The zero-order valence-corrected chi connectivity index (χ0v) is 8.62. The van der Waals surface area contributed by atoms with Gasteiger partial charge in [0.05, 0.1) is 11.9 Å². The van der Waals surface area contributed by atoms with Gasteiger partial charge in [0.1, 0.15) is 0 Å². The summed E-state index contributed by atoms with van der Waals surface area (Å²) in [6.07, 6.45) is 7.80. The highest BCUT2D eigenvalue weighted by Crippen LogP contribution is 2.30. The molecule has 15 heavy (non-hydrogen) atoms. The average Bonchev–Trinajstić information content (AvgIpc) is 2.76. The Labute approximate surface area is 88.4 Å². The Morgan fingerprint density at radius 3 is 2.93 bits per heavy atom. The third-order valence-corrected chi connectivity index (χ3v) is 2.89. The van der Waals surface area contributed by atoms with Gasteiger partial charge in [-0.25, -0.2) is 0 Å². The average molecular weight is 208 g/mol. The van der Waals surface area contributed by atoms with E-state index in [1.807, 2.05) is 0 Å². The van der Waals surface area contributed by atoms with E-state index in [0.717, 1.165) is 25.7 Å². The number of hydrogen-bond acceptors (Lipinski definition) is 3. The van der Waals surface area contributed by atoms with E-state index < -0.39 is 0 Å². The summed E-state index contributed by atoms with van der Waals surface area (Å²) in [6, 6.07) is 0. The van der Waals surface area contributed by atoms with Crippen LogP contribution < -0.4 is 11.1 Å². The number of carbonyl (C=O) groups excluding carboxylic acids is 1. The SMILES string of the molecule is NC1(CC(=O)Nc2cn[nH]c2)CCCC1. The topological polar surface area (TPSA) is 83.8 Å². The minimum absolute atomic E-state index is 0.0270. The molecule has 1 aliphatic rings. The molecular weight excluding hydrogens is 192 g/mol. The van der Waals surface area contributed by atoms with Gasteiger partial charge in [0.2, 0.25) is 5.91 Å². The normalized spacial score (nSPS) is 19.0. The lowest BCUT2D eigenvalue weighted by Crippen LogP contribution is -2.40. The smallest absolute Gasteiger partial charge is 0.226 e. The van der Waals surface area contributed by atoms with Gasteiger partial charge in [-0.3, -0.25) is 9.89 Å². The second-order valence-corrected chi connectivity index (χ2v) is 4.28. The summed E-state index contributed by atoms with van der Waals surface area (Å²) in [5, 5.41) is 9.16. The van der Waals surface area contributed by atoms with E-state index in [2.05, 4.69) is 15.5 Å². The van der Waals surface area contributed by atoms with Crippen molar-refractivity contribution < 1.29 is 4.79 Å². The van der Waals surface area contributed by atoms with Gasteiger partial charge in [-0.05, 0) is 12.8 Å². The maximum Gasteiger partial charge on any atom is 0.226 e. The number of rotatable bonds is 3. The molecule has 1 amide bonds. The summed E-state index contributed by atoms with van der Waals surface area (Å²) in [5.74, 6) is -0.0270. The number of anilines is 1. The number of carbonyl (C=O) groups is 1. The van der Waals surface area contributed by atoms with E-state index in [-0.39, 0.29) is 11.4 Å². The van der Waals surface area contributed by atoms with Crippen LogP contribution in [0.4, 0.5) is 5.69 Å². The fourth-order valence-electron chi connectivity index (χ4n) is 2.10. The molecule has 82 valence electrons. The van der Waals surface area contributed by atoms with Crippen LogP contribution in [0, 0.1) is 0 Å². The van der Waals surface area contributed by atoms with Crippen molar-refractivity contribution in [2.45, 2.75) is 37.6 Å².